The number of methoxy groups -OCH3 is 1. The molecule has 106 valence electrons. The molecule has 1 heterocycles. The first kappa shape index (κ1) is 14.2. The Labute approximate surface area is 116 Å². The minimum absolute atomic E-state index is 0.275. The standard InChI is InChI=1S/C13H16N4O3/c1-16(20-3)13(18)12(19-2)10-4-6-11(7-5-10)17-9-8-14-15-17/h4-9,12H,1-3H3. The van der Waals surface area contributed by atoms with Gasteiger partial charge in [-0.05, 0) is 17.7 Å². The van der Waals surface area contributed by atoms with Gasteiger partial charge in [0.15, 0.2) is 6.10 Å². The van der Waals surface area contributed by atoms with Crippen LogP contribution in [0, 0.1) is 0 Å². The predicted octanol–water partition coefficient (Wildman–Crippen LogP) is 0.975. The number of benzene rings is 1. The highest BCUT2D eigenvalue weighted by Crippen LogP contribution is 2.20. The Hall–Kier alpha value is -2.25. The summed E-state index contributed by atoms with van der Waals surface area (Å²) in [5, 5.41) is 8.78. The minimum Gasteiger partial charge on any atom is -0.367 e. The Morgan fingerprint density at radius 2 is 2.00 bits per heavy atom. The van der Waals surface area contributed by atoms with Crippen molar-refractivity contribution in [3.8, 4) is 5.69 Å². The summed E-state index contributed by atoms with van der Waals surface area (Å²) < 4.78 is 6.88. The molecule has 1 unspecified atom stereocenters. The molecule has 0 spiro atoms. The van der Waals surface area contributed by atoms with Gasteiger partial charge in [-0.25, -0.2) is 9.75 Å². The molecule has 0 saturated carbocycles. The molecule has 0 fully saturated rings. The van der Waals surface area contributed by atoms with Crippen LogP contribution in [-0.2, 0) is 14.4 Å². The fourth-order valence-electron chi connectivity index (χ4n) is 1.78. The van der Waals surface area contributed by atoms with Crippen molar-refractivity contribution >= 4 is 5.91 Å². The van der Waals surface area contributed by atoms with Gasteiger partial charge < -0.3 is 4.74 Å². The number of likely N-dealkylation sites (N-methyl/N-ethyl adjacent to an activating group) is 1. The first-order valence-corrected chi connectivity index (χ1v) is 5.98. The van der Waals surface area contributed by atoms with Gasteiger partial charge in [-0.15, -0.1) is 5.10 Å². The van der Waals surface area contributed by atoms with E-state index in [1.165, 1.54) is 21.3 Å². The van der Waals surface area contributed by atoms with Crippen LogP contribution >= 0.6 is 0 Å². The number of carbonyl (C=O) groups excluding carboxylic acids is 1. The summed E-state index contributed by atoms with van der Waals surface area (Å²) >= 11 is 0. The summed E-state index contributed by atoms with van der Waals surface area (Å²) in [6.45, 7) is 0. The average Bonchev–Trinajstić information content (AvgIpc) is 3.02. The molecule has 7 heteroatoms. The number of hydrogen-bond donors (Lipinski definition) is 0. The van der Waals surface area contributed by atoms with Gasteiger partial charge in [0.2, 0.25) is 0 Å². The molecule has 0 radical (unpaired) electrons. The molecule has 20 heavy (non-hydrogen) atoms. The highest BCUT2D eigenvalue weighted by atomic mass is 16.7. The lowest BCUT2D eigenvalue weighted by atomic mass is 10.1. The highest BCUT2D eigenvalue weighted by molar-refractivity contribution is 5.81. The average molecular weight is 276 g/mol. The van der Waals surface area contributed by atoms with Crippen molar-refractivity contribution in [2.75, 3.05) is 21.3 Å². The van der Waals surface area contributed by atoms with Crippen molar-refractivity contribution in [1.82, 2.24) is 20.1 Å². The third kappa shape index (κ3) is 2.84. The monoisotopic (exact) mass is 276 g/mol. The number of carbonyl (C=O) groups is 1. The van der Waals surface area contributed by atoms with E-state index in [0.717, 1.165) is 16.3 Å². The van der Waals surface area contributed by atoms with Crippen molar-refractivity contribution in [2.45, 2.75) is 6.10 Å². The molecule has 0 aliphatic rings. The lowest BCUT2D eigenvalue weighted by Gasteiger charge is -2.21. The van der Waals surface area contributed by atoms with E-state index in [9.17, 15) is 4.79 Å². The number of rotatable bonds is 5. The van der Waals surface area contributed by atoms with Crippen LogP contribution in [0.1, 0.15) is 11.7 Å². The second-order valence-corrected chi connectivity index (χ2v) is 4.07. The Morgan fingerprint density at radius 3 is 2.50 bits per heavy atom. The third-order valence-electron chi connectivity index (χ3n) is 2.93. The maximum atomic E-state index is 12.1. The second kappa shape index (κ2) is 6.27. The van der Waals surface area contributed by atoms with Crippen LogP contribution in [0.2, 0.25) is 0 Å². The van der Waals surface area contributed by atoms with Crippen LogP contribution in [-0.4, -0.2) is 47.2 Å². The normalized spacial score (nSPS) is 12.2. The summed E-state index contributed by atoms with van der Waals surface area (Å²) in [5.74, 6) is -0.275. The Balaban J connectivity index is 2.21. The molecule has 0 aliphatic carbocycles. The van der Waals surface area contributed by atoms with Crippen molar-refractivity contribution in [2.24, 2.45) is 0 Å². The number of ether oxygens (including phenoxy) is 1. The van der Waals surface area contributed by atoms with Gasteiger partial charge in [-0.3, -0.25) is 9.63 Å². The van der Waals surface area contributed by atoms with Gasteiger partial charge in [0.1, 0.15) is 0 Å². The van der Waals surface area contributed by atoms with Crippen LogP contribution in [0.3, 0.4) is 0 Å². The molecule has 0 saturated heterocycles. The van der Waals surface area contributed by atoms with E-state index in [-0.39, 0.29) is 5.91 Å². The Kier molecular flexibility index (Phi) is 4.44. The van der Waals surface area contributed by atoms with Gasteiger partial charge in [0.05, 0.1) is 25.2 Å². The summed E-state index contributed by atoms with van der Waals surface area (Å²) in [7, 11) is 4.45. The zero-order valence-electron chi connectivity index (χ0n) is 11.6. The van der Waals surface area contributed by atoms with E-state index < -0.39 is 6.10 Å². The molecule has 1 aromatic carbocycles. The van der Waals surface area contributed by atoms with Gasteiger partial charge in [0, 0.05) is 14.2 Å². The third-order valence-corrected chi connectivity index (χ3v) is 2.93. The first-order valence-electron chi connectivity index (χ1n) is 5.98. The fraction of sp³-hybridized carbons (Fsp3) is 0.308. The molecule has 2 aromatic rings. The number of nitrogens with zero attached hydrogens (tertiary/aromatic N) is 4. The lowest BCUT2D eigenvalue weighted by Crippen LogP contribution is -2.31. The first-order chi connectivity index (χ1) is 9.67. The maximum Gasteiger partial charge on any atom is 0.279 e. The van der Waals surface area contributed by atoms with Crippen molar-refractivity contribution in [1.29, 1.82) is 0 Å². The minimum atomic E-state index is -0.704. The van der Waals surface area contributed by atoms with Crippen LogP contribution in [0.25, 0.3) is 5.69 Å². The van der Waals surface area contributed by atoms with Crippen LogP contribution < -0.4 is 0 Å². The second-order valence-electron chi connectivity index (χ2n) is 4.07. The molecule has 2 rings (SSSR count). The number of amides is 1. The molecule has 0 N–H and O–H groups in total. The SMILES string of the molecule is COC(C(=O)N(C)OC)c1ccc(-n2ccnn2)cc1. The zero-order chi connectivity index (χ0) is 14.5. The molecular formula is C13H16N4O3. The fourth-order valence-corrected chi connectivity index (χ4v) is 1.78. The van der Waals surface area contributed by atoms with E-state index in [1.54, 1.807) is 17.1 Å². The smallest absolute Gasteiger partial charge is 0.279 e. The molecule has 7 nitrogen and oxygen atoms in total. The van der Waals surface area contributed by atoms with E-state index in [4.69, 9.17) is 9.57 Å². The lowest BCUT2D eigenvalue weighted by molar-refractivity contribution is -0.179. The predicted molar refractivity (Wildman–Crippen MR) is 70.9 cm³/mol. The molecule has 1 amide bonds. The van der Waals surface area contributed by atoms with E-state index in [0.29, 0.717) is 0 Å². The van der Waals surface area contributed by atoms with Crippen molar-refractivity contribution in [3.63, 3.8) is 0 Å². The summed E-state index contributed by atoms with van der Waals surface area (Å²) in [6.07, 6.45) is 2.64. The summed E-state index contributed by atoms with van der Waals surface area (Å²) in [5.41, 5.74) is 1.60. The molecular weight excluding hydrogens is 260 g/mol. The molecule has 0 aliphatic heterocycles. The van der Waals surface area contributed by atoms with Gasteiger partial charge in [0.25, 0.3) is 5.91 Å². The van der Waals surface area contributed by atoms with Crippen molar-refractivity contribution in [3.05, 3.63) is 42.2 Å². The van der Waals surface area contributed by atoms with Crippen LogP contribution in [0.5, 0.6) is 0 Å². The van der Waals surface area contributed by atoms with Crippen LogP contribution in [0.15, 0.2) is 36.7 Å². The number of hydrogen-bond acceptors (Lipinski definition) is 5. The van der Waals surface area contributed by atoms with Crippen molar-refractivity contribution < 1.29 is 14.4 Å². The number of hydroxylamine groups is 2. The van der Waals surface area contributed by atoms with Gasteiger partial charge >= 0.3 is 0 Å². The van der Waals surface area contributed by atoms with Gasteiger partial charge in [-0.2, -0.15) is 0 Å². The summed E-state index contributed by atoms with van der Waals surface area (Å²) in [6, 6.07) is 7.31. The quantitative estimate of drug-likeness (QED) is 0.761. The largest absolute Gasteiger partial charge is 0.367 e. The van der Waals surface area contributed by atoms with Crippen LogP contribution in [0.4, 0.5) is 0 Å². The Morgan fingerprint density at radius 1 is 1.30 bits per heavy atom. The Bertz CT molecular complexity index is 554. The van der Waals surface area contributed by atoms with E-state index >= 15 is 0 Å². The van der Waals surface area contributed by atoms with E-state index in [2.05, 4.69) is 10.3 Å². The highest BCUT2D eigenvalue weighted by Gasteiger charge is 2.23. The summed E-state index contributed by atoms with van der Waals surface area (Å²) in [4.78, 5) is 16.9. The topological polar surface area (TPSA) is 69.5 Å². The zero-order valence-corrected chi connectivity index (χ0v) is 11.6. The van der Waals surface area contributed by atoms with Gasteiger partial charge in [-0.1, -0.05) is 17.3 Å². The maximum absolute atomic E-state index is 12.1. The molecule has 1 aromatic heterocycles. The molecule has 1 atom stereocenters. The molecule has 0 bridgehead atoms. The van der Waals surface area contributed by atoms with E-state index in [1.807, 2.05) is 24.3 Å². The number of aromatic nitrogens is 3.